The second kappa shape index (κ2) is 3.65. The summed E-state index contributed by atoms with van der Waals surface area (Å²) >= 11 is 0. The van der Waals surface area contributed by atoms with Crippen LogP contribution in [0.3, 0.4) is 0 Å². The van der Waals surface area contributed by atoms with Crippen LogP contribution in [-0.2, 0) is 19.1 Å². The zero-order valence-corrected chi connectivity index (χ0v) is 10.8. The Morgan fingerprint density at radius 2 is 2.10 bits per heavy atom. The molecule has 0 amide bonds. The number of cyclic esters (lactones) is 1. The van der Waals surface area contributed by atoms with Gasteiger partial charge in [0.1, 0.15) is 0 Å². The minimum absolute atomic E-state index is 0.150. The molecule has 2 heterocycles. The van der Waals surface area contributed by atoms with Gasteiger partial charge in [0.15, 0.2) is 16.9 Å². The molecule has 3 atom stereocenters. The smallest absolute Gasteiger partial charge is 0.324 e. The molecule has 6 heteroatoms. The Morgan fingerprint density at radius 3 is 2.90 bits per heavy atom. The number of rotatable bonds is 2. The van der Waals surface area contributed by atoms with E-state index < -0.39 is 17.4 Å². The third kappa shape index (κ3) is 1.19. The highest BCUT2D eigenvalue weighted by atomic mass is 16.7. The molecule has 2 aliphatic heterocycles. The van der Waals surface area contributed by atoms with Crippen molar-refractivity contribution in [3.63, 3.8) is 0 Å². The van der Waals surface area contributed by atoms with Gasteiger partial charge in [0.05, 0.1) is 13.7 Å². The number of methoxy groups -OCH3 is 1. The van der Waals surface area contributed by atoms with Crippen LogP contribution in [0, 0.1) is 11.3 Å². The van der Waals surface area contributed by atoms with Gasteiger partial charge in [-0.3, -0.25) is 9.59 Å². The number of fused-ring (bicyclic) bond motifs is 2. The van der Waals surface area contributed by atoms with Crippen LogP contribution >= 0.6 is 0 Å². The number of benzene rings is 1. The molecule has 0 bridgehead atoms. The molecule has 1 saturated carbocycles. The zero-order valence-electron chi connectivity index (χ0n) is 10.8. The fourth-order valence-electron chi connectivity index (χ4n) is 3.38. The van der Waals surface area contributed by atoms with Crippen LogP contribution in [0.25, 0.3) is 0 Å². The molecule has 1 aliphatic carbocycles. The molecule has 0 spiro atoms. The van der Waals surface area contributed by atoms with Gasteiger partial charge in [-0.2, -0.15) is 0 Å². The van der Waals surface area contributed by atoms with Crippen LogP contribution in [-0.4, -0.2) is 32.4 Å². The Morgan fingerprint density at radius 1 is 1.30 bits per heavy atom. The Kier molecular flexibility index (Phi) is 2.11. The first kappa shape index (κ1) is 11.6. The summed E-state index contributed by atoms with van der Waals surface area (Å²) in [6.07, 6.45) is 0. The molecule has 0 aromatic heterocycles. The number of carbonyl (C=O) groups excluding carboxylic acids is 2. The lowest BCUT2D eigenvalue weighted by molar-refractivity contribution is -0.158. The zero-order chi connectivity index (χ0) is 13.9. The van der Waals surface area contributed by atoms with Gasteiger partial charge in [-0.05, 0) is 17.7 Å². The molecule has 3 aliphatic rings. The molecule has 2 unspecified atom stereocenters. The van der Waals surface area contributed by atoms with Crippen molar-refractivity contribution < 1.29 is 28.5 Å². The van der Waals surface area contributed by atoms with Crippen LogP contribution in [0.5, 0.6) is 11.5 Å². The molecule has 0 radical (unpaired) electrons. The van der Waals surface area contributed by atoms with Crippen LogP contribution in [0.2, 0.25) is 0 Å². The highest BCUT2D eigenvalue weighted by Gasteiger charge is 2.80. The second-order valence-corrected chi connectivity index (χ2v) is 5.16. The summed E-state index contributed by atoms with van der Waals surface area (Å²) in [5.74, 6) is -0.0479. The first-order chi connectivity index (χ1) is 9.69. The van der Waals surface area contributed by atoms with Gasteiger partial charge in [-0.15, -0.1) is 0 Å². The lowest BCUT2D eigenvalue weighted by Crippen LogP contribution is -2.28. The monoisotopic (exact) mass is 276 g/mol. The summed E-state index contributed by atoms with van der Waals surface area (Å²) < 4.78 is 20.4. The summed E-state index contributed by atoms with van der Waals surface area (Å²) in [4.78, 5) is 24.0. The third-order valence-electron chi connectivity index (χ3n) is 4.38. The molecule has 1 aromatic rings. The van der Waals surface area contributed by atoms with Crippen LogP contribution < -0.4 is 9.47 Å². The average molecular weight is 276 g/mol. The Balaban J connectivity index is 1.74. The number of hydrogen-bond acceptors (Lipinski definition) is 6. The van der Waals surface area contributed by atoms with Crippen molar-refractivity contribution >= 4 is 11.9 Å². The van der Waals surface area contributed by atoms with Crippen LogP contribution in [0.15, 0.2) is 18.2 Å². The Bertz CT molecular complexity index is 624. The standard InChI is InChI=1S/C14H12O6/c1-17-12(15)14-8(5-18-13(14)16)11(14)7-2-3-9-10(4-7)20-6-19-9/h2-4,8,11H,5-6H2,1H3/t8?,11?,14-/m1/s1. The van der Waals surface area contributed by atoms with Crippen molar-refractivity contribution in [1.82, 2.24) is 0 Å². The van der Waals surface area contributed by atoms with Crippen molar-refractivity contribution in [3.05, 3.63) is 23.8 Å². The molecule has 1 saturated heterocycles. The number of hydrogen-bond donors (Lipinski definition) is 0. The number of esters is 2. The van der Waals surface area contributed by atoms with E-state index in [4.69, 9.17) is 18.9 Å². The fraction of sp³-hybridized carbons (Fsp3) is 0.429. The van der Waals surface area contributed by atoms with Gasteiger partial charge in [-0.25, -0.2) is 0 Å². The summed E-state index contributed by atoms with van der Waals surface area (Å²) in [5, 5.41) is 0. The molecule has 2 fully saturated rings. The van der Waals surface area contributed by atoms with Gasteiger partial charge >= 0.3 is 11.9 Å². The predicted octanol–water partition coefficient (Wildman–Crippen LogP) is 0.845. The quantitative estimate of drug-likeness (QED) is 0.589. The average Bonchev–Trinajstić information content (AvgIpc) is 2.76. The normalized spacial score (nSPS) is 32.5. The summed E-state index contributed by atoms with van der Waals surface area (Å²) in [7, 11) is 1.29. The van der Waals surface area contributed by atoms with Crippen molar-refractivity contribution in [2.24, 2.45) is 11.3 Å². The van der Waals surface area contributed by atoms with Gasteiger partial charge in [-0.1, -0.05) is 6.07 Å². The van der Waals surface area contributed by atoms with Crippen LogP contribution in [0.1, 0.15) is 11.5 Å². The summed E-state index contributed by atoms with van der Waals surface area (Å²) in [5.41, 5.74) is -0.288. The summed E-state index contributed by atoms with van der Waals surface area (Å²) in [6, 6.07) is 5.47. The maximum absolute atomic E-state index is 12.0. The first-order valence-corrected chi connectivity index (χ1v) is 6.34. The van der Waals surface area contributed by atoms with Gasteiger partial charge in [0.2, 0.25) is 6.79 Å². The van der Waals surface area contributed by atoms with E-state index in [-0.39, 0.29) is 25.2 Å². The van der Waals surface area contributed by atoms with E-state index in [9.17, 15) is 9.59 Å². The van der Waals surface area contributed by atoms with Crippen molar-refractivity contribution in [1.29, 1.82) is 0 Å². The molecule has 4 rings (SSSR count). The molecule has 0 N–H and O–H groups in total. The lowest BCUT2D eigenvalue weighted by atomic mass is 9.99. The molecule has 104 valence electrons. The third-order valence-corrected chi connectivity index (χ3v) is 4.38. The minimum atomic E-state index is -1.16. The predicted molar refractivity (Wildman–Crippen MR) is 64.2 cm³/mol. The molecular formula is C14H12O6. The molecule has 6 nitrogen and oxygen atoms in total. The Hall–Kier alpha value is -2.24. The second-order valence-electron chi connectivity index (χ2n) is 5.16. The van der Waals surface area contributed by atoms with E-state index in [1.165, 1.54) is 7.11 Å². The van der Waals surface area contributed by atoms with E-state index in [1.54, 1.807) is 6.07 Å². The Labute approximate surface area is 114 Å². The van der Waals surface area contributed by atoms with Crippen molar-refractivity contribution in [3.8, 4) is 11.5 Å². The van der Waals surface area contributed by atoms with Gasteiger partial charge < -0.3 is 18.9 Å². The molecular weight excluding hydrogens is 264 g/mol. The van der Waals surface area contributed by atoms with Gasteiger partial charge in [0, 0.05) is 11.8 Å². The van der Waals surface area contributed by atoms with E-state index in [0.29, 0.717) is 11.5 Å². The van der Waals surface area contributed by atoms with Crippen LogP contribution in [0.4, 0.5) is 0 Å². The fourth-order valence-corrected chi connectivity index (χ4v) is 3.38. The summed E-state index contributed by atoms with van der Waals surface area (Å²) in [6.45, 7) is 0.449. The highest BCUT2D eigenvalue weighted by Crippen LogP contribution is 2.69. The maximum atomic E-state index is 12.0. The maximum Gasteiger partial charge on any atom is 0.324 e. The van der Waals surface area contributed by atoms with E-state index in [1.807, 2.05) is 12.1 Å². The van der Waals surface area contributed by atoms with E-state index in [0.717, 1.165) is 5.56 Å². The SMILES string of the molecule is COC(=O)[C@@]12C(=O)OCC1C2c1ccc2c(c1)OCO2. The van der Waals surface area contributed by atoms with E-state index >= 15 is 0 Å². The minimum Gasteiger partial charge on any atom is -0.468 e. The number of ether oxygens (including phenoxy) is 4. The van der Waals surface area contributed by atoms with Crippen molar-refractivity contribution in [2.45, 2.75) is 5.92 Å². The van der Waals surface area contributed by atoms with Crippen molar-refractivity contribution in [2.75, 3.05) is 20.5 Å². The topological polar surface area (TPSA) is 71.1 Å². The lowest BCUT2D eigenvalue weighted by Gasteiger charge is -2.11. The molecule has 1 aromatic carbocycles. The first-order valence-electron chi connectivity index (χ1n) is 6.34. The van der Waals surface area contributed by atoms with Gasteiger partial charge in [0.25, 0.3) is 0 Å². The largest absolute Gasteiger partial charge is 0.468 e. The molecule has 20 heavy (non-hydrogen) atoms. The number of carbonyl (C=O) groups is 2. The van der Waals surface area contributed by atoms with E-state index in [2.05, 4.69) is 0 Å². The highest BCUT2D eigenvalue weighted by molar-refractivity contribution is 6.07.